The summed E-state index contributed by atoms with van der Waals surface area (Å²) in [6.45, 7) is 5.56. The minimum atomic E-state index is -0.430. The van der Waals surface area contributed by atoms with E-state index >= 15 is 0 Å². The fraction of sp³-hybridized carbons (Fsp3) is 0.526. The Balaban J connectivity index is 2.05. The second kappa shape index (κ2) is 10.6. The molecule has 0 spiro atoms. The van der Waals surface area contributed by atoms with Crippen molar-refractivity contribution in [3.05, 3.63) is 35.7 Å². The average Bonchev–Trinajstić information content (AvgIpc) is 3.16. The third-order valence-electron chi connectivity index (χ3n) is 4.05. The molecular formula is C19H28N4O5. The summed E-state index contributed by atoms with van der Waals surface area (Å²) in [4.78, 5) is 14.3. The number of carbonyl (C=O) groups excluding carboxylic acids is 1. The predicted molar refractivity (Wildman–Crippen MR) is 102 cm³/mol. The maximum atomic E-state index is 12.7. The van der Waals surface area contributed by atoms with Crippen molar-refractivity contribution in [2.45, 2.75) is 33.2 Å². The van der Waals surface area contributed by atoms with Crippen LogP contribution in [0.25, 0.3) is 0 Å². The van der Waals surface area contributed by atoms with Crippen molar-refractivity contribution in [3.8, 4) is 11.5 Å². The zero-order valence-electron chi connectivity index (χ0n) is 17.0. The zero-order chi connectivity index (χ0) is 20.5. The van der Waals surface area contributed by atoms with Gasteiger partial charge in [-0.3, -0.25) is 4.79 Å². The van der Waals surface area contributed by atoms with Crippen molar-refractivity contribution in [1.29, 1.82) is 0 Å². The summed E-state index contributed by atoms with van der Waals surface area (Å²) in [5.41, 5.74) is 1.11. The number of benzene rings is 1. The summed E-state index contributed by atoms with van der Waals surface area (Å²) in [5, 5.41) is 7.99. The molecule has 0 aliphatic heterocycles. The molecule has 0 atom stereocenters. The van der Waals surface area contributed by atoms with Crippen LogP contribution in [0.2, 0.25) is 0 Å². The van der Waals surface area contributed by atoms with Crippen LogP contribution in [0.15, 0.2) is 24.4 Å². The van der Waals surface area contributed by atoms with Gasteiger partial charge in [-0.05, 0) is 26.0 Å². The molecule has 0 saturated heterocycles. The largest absolute Gasteiger partial charge is 0.497 e. The highest BCUT2D eigenvalue weighted by Gasteiger charge is 2.19. The number of amides is 1. The molecule has 1 aromatic carbocycles. The van der Waals surface area contributed by atoms with Crippen LogP contribution in [0.5, 0.6) is 11.5 Å². The number of ether oxygens (including phenoxy) is 4. The van der Waals surface area contributed by atoms with Gasteiger partial charge in [0.2, 0.25) is 0 Å². The Hall–Kier alpha value is -2.65. The Labute approximate surface area is 165 Å². The lowest BCUT2D eigenvalue weighted by Gasteiger charge is -2.18. The van der Waals surface area contributed by atoms with Gasteiger partial charge in [0.25, 0.3) is 5.91 Å². The van der Waals surface area contributed by atoms with E-state index in [4.69, 9.17) is 18.9 Å². The smallest absolute Gasteiger partial charge is 0.276 e. The van der Waals surface area contributed by atoms with E-state index in [0.717, 1.165) is 5.56 Å². The number of methoxy groups -OCH3 is 2. The second-order valence-electron chi connectivity index (χ2n) is 6.01. The fourth-order valence-electron chi connectivity index (χ4n) is 2.67. The van der Waals surface area contributed by atoms with Gasteiger partial charge in [-0.25, -0.2) is 4.68 Å². The summed E-state index contributed by atoms with van der Waals surface area (Å²) in [6, 6.07) is 5.48. The van der Waals surface area contributed by atoms with Crippen LogP contribution in [-0.4, -0.2) is 66.6 Å². The van der Waals surface area contributed by atoms with E-state index in [-0.39, 0.29) is 11.6 Å². The van der Waals surface area contributed by atoms with Gasteiger partial charge in [-0.2, -0.15) is 0 Å². The molecule has 0 radical (unpaired) electrons. The molecule has 1 amide bonds. The summed E-state index contributed by atoms with van der Waals surface area (Å²) < 4.78 is 23.1. The lowest BCUT2D eigenvalue weighted by Crippen LogP contribution is -2.27. The highest BCUT2D eigenvalue weighted by atomic mass is 16.7. The van der Waals surface area contributed by atoms with Gasteiger partial charge in [0.15, 0.2) is 12.0 Å². The Bertz CT molecular complexity index is 759. The maximum absolute atomic E-state index is 12.7. The molecule has 0 saturated carbocycles. The van der Waals surface area contributed by atoms with Crippen LogP contribution < -0.4 is 9.47 Å². The molecule has 2 rings (SSSR count). The quantitative estimate of drug-likeness (QED) is 0.540. The maximum Gasteiger partial charge on any atom is 0.276 e. The predicted octanol–water partition coefficient (Wildman–Crippen LogP) is 1.97. The number of rotatable bonds is 11. The molecule has 0 fully saturated rings. The number of hydrogen-bond acceptors (Lipinski definition) is 7. The van der Waals surface area contributed by atoms with Crippen LogP contribution in [0, 0.1) is 0 Å². The van der Waals surface area contributed by atoms with Crippen molar-refractivity contribution < 1.29 is 23.7 Å². The average molecular weight is 392 g/mol. The van der Waals surface area contributed by atoms with E-state index in [1.54, 1.807) is 43.1 Å². The molecule has 0 aliphatic rings. The third kappa shape index (κ3) is 5.67. The first kappa shape index (κ1) is 21.6. The van der Waals surface area contributed by atoms with Crippen LogP contribution in [0.4, 0.5) is 0 Å². The standard InChI is InChI=1S/C19H28N4O5/c1-6-27-18(28-7-2)13-23-12-16(20-21-23)19(24)22(3)11-14-8-9-15(25-4)10-17(14)26-5/h8-10,12,18H,6-7,11,13H2,1-5H3. The molecule has 0 aliphatic carbocycles. The van der Waals surface area contributed by atoms with Gasteiger partial charge >= 0.3 is 0 Å². The van der Waals surface area contributed by atoms with E-state index in [9.17, 15) is 4.79 Å². The summed E-state index contributed by atoms with van der Waals surface area (Å²) in [7, 11) is 4.88. The Morgan fingerprint density at radius 1 is 1.18 bits per heavy atom. The van der Waals surface area contributed by atoms with E-state index < -0.39 is 6.29 Å². The van der Waals surface area contributed by atoms with E-state index in [0.29, 0.717) is 37.8 Å². The van der Waals surface area contributed by atoms with E-state index in [2.05, 4.69) is 10.3 Å². The Kier molecular flexibility index (Phi) is 8.21. The van der Waals surface area contributed by atoms with Crippen LogP contribution in [-0.2, 0) is 22.6 Å². The summed E-state index contributed by atoms with van der Waals surface area (Å²) in [5.74, 6) is 1.10. The number of hydrogen-bond donors (Lipinski definition) is 0. The first-order chi connectivity index (χ1) is 13.5. The fourth-order valence-corrected chi connectivity index (χ4v) is 2.67. The van der Waals surface area contributed by atoms with Gasteiger partial charge in [0.1, 0.15) is 11.5 Å². The summed E-state index contributed by atoms with van der Waals surface area (Å²) >= 11 is 0. The van der Waals surface area contributed by atoms with Gasteiger partial charge in [-0.1, -0.05) is 5.21 Å². The molecule has 154 valence electrons. The molecule has 0 N–H and O–H groups in total. The molecule has 9 nitrogen and oxygen atoms in total. The van der Waals surface area contributed by atoms with E-state index in [1.165, 1.54) is 0 Å². The topological polar surface area (TPSA) is 87.9 Å². The molecule has 0 bridgehead atoms. The Morgan fingerprint density at radius 2 is 1.89 bits per heavy atom. The monoisotopic (exact) mass is 392 g/mol. The number of aromatic nitrogens is 3. The normalized spacial score (nSPS) is 10.9. The minimum Gasteiger partial charge on any atom is -0.497 e. The SMILES string of the molecule is CCOC(Cn1cc(C(=O)N(C)Cc2ccc(OC)cc2OC)nn1)OCC. The molecule has 1 aromatic heterocycles. The van der Waals surface area contributed by atoms with Crippen molar-refractivity contribution in [3.63, 3.8) is 0 Å². The third-order valence-corrected chi connectivity index (χ3v) is 4.05. The van der Waals surface area contributed by atoms with Crippen LogP contribution >= 0.6 is 0 Å². The summed E-state index contributed by atoms with van der Waals surface area (Å²) in [6.07, 6.45) is 1.16. The lowest BCUT2D eigenvalue weighted by molar-refractivity contribution is -0.145. The van der Waals surface area contributed by atoms with Crippen LogP contribution in [0.3, 0.4) is 0 Å². The minimum absolute atomic E-state index is 0.242. The van der Waals surface area contributed by atoms with E-state index in [1.807, 2.05) is 26.0 Å². The van der Waals surface area contributed by atoms with Gasteiger partial charge in [-0.15, -0.1) is 5.10 Å². The highest BCUT2D eigenvalue weighted by molar-refractivity contribution is 5.91. The molecule has 1 heterocycles. The first-order valence-corrected chi connectivity index (χ1v) is 9.12. The highest BCUT2D eigenvalue weighted by Crippen LogP contribution is 2.25. The first-order valence-electron chi connectivity index (χ1n) is 9.12. The zero-order valence-corrected chi connectivity index (χ0v) is 17.0. The molecule has 9 heteroatoms. The number of carbonyl (C=O) groups is 1. The van der Waals surface area contributed by atoms with Crippen LogP contribution in [0.1, 0.15) is 29.9 Å². The lowest BCUT2D eigenvalue weighted by atomic mass is 10.1. The van der Waals surface area contributed by atoms with Crippen molar-refractivity contribution in [2.24, 2.45) is 0 Å². The molecule has 2 aromatic rings. The van der Waals surface area contributed by atoms with Crippen molar-refractivity contribution in [2.75, 3.05) is 34.5 Å². The molecule has 28 heavy (non-hydrogen) atoms. The molecular weight excluding hydrogens is 364 g/mol. The van der Waals surface area contributed by atoms with Crippen molar-refractivity contribution in [1.82, 2.24) is 19.9 Å². The van der Waals surface area contributed by atoms with Gasteiger partial charge in [0.05, 0.1) is 27.0 Å². The second-order valence-corrected chi connectivity index (χ2v) is 6.01. The van der Waals surface area contributed by atoms with Gasteiger partial charge < -0.3 is 23.8 Å². The number of nitrogens with zero attached hydrogens (tertiary/aromatic N) is 4. The van der Waals surface area contributed by atoms with Crippen molar-refractivity contribution >= 4 is 5.91 Å². The molecule has 0 unspecified atom stereocenters. The Morgan fingerprint density at radius 3 is 2.50 bits per heavy atom. The van der Waals surface area contributed by atoms with Gasteiger partial charge in [0, 0.05) is 38.4 Å².